The van der Waals surface area contributed by atoms with E-state index in [1.54, 1.807) is 37.4 Å². The summed E-state index contributed by atoms with van der Waals surface area (Å²) in [6.07, 6.45) is 0.109. The number of aryl methyl sites for hydroxylation is 1. The van der Waals surface area contributed by atoms with Gasteiger partial charge in [0, 0.05) is 6.54 Å². The third-order valence-electron chi connectivity index (χ3n) is 6.80. The number of hydrogen-bond acceptors (Lipinski definition) is 6. The molecule has 1 N–H and O–H groups in total. The summed E-state index contributed by atoms with van der Waals surface area (Å²) in [4.78, 5) is 41.7. The Bertz CT molecular complexity index is 1310. The fraction of sp³-hybridized carbons (Fsp3) is 0.300. The minimum atomic E-state index is -0.905. The maximum absolute atomic E-state index is 13.7. The van der Waals surface area contributed by atoms with E-state index in [1.807, 2.05) is 49.4 Å². The van der Waals surface area contributed by atoms with Crippen LogP contribution in [0.4, 0.5) is 0 Å². The van der Waals surface area contributed by atoms with E-state index in [-0.39, 0.29) is 18.9 Å². The molecular formula is C30H31BrN2O6. The topological polar surface area (TPSA) is 94.2 Å². The van der Waals surface area contributed by atoms with E-state index in [9.17, 15) is 14.4 Å². The maximum Gasteiger partial charge on any atom is 0.311 e. The summed E-state index contributed by atoms with van der Waals surface area (Å²) in [6.45, 7) is 1.99. The zero-order chi connectivity index (χ0) is 27.9. The van der Waals surface area contributed by atoms with Crippen LogP contribution in [0.5, 0.6) is 11.5 Å². The first-order chi connectivity index (χ1) is 18.8. The van der Waals surface area contributed by atoms with Crippen LogP contribution in [0.2, 0.25) is 0 Å². The Morgan fingerprint density at radius 3 is 2.36 bits per heavy atom. The second-order valence-electron chi connectivity index (χ2n) is 9.33. The standard InChI is InChI=1S/C30H31BrN2O6/c1-19-9-11-20(12-10-19)17-32-29(35)25-16-23(30(36)38-3)28(21-13-14-26(37-2)24(31)15-21)33(25)27(34)18-39-22-7-5-4-6-8-22/h4-15,23,25,28H,16-18H2,1-3H3,(H,32,35). The first-order valence-corrected chi connectivity index (χ1v) is 13.3. The third kappa shape index (κ3) is 6.60. The number of likely N-dealkylation sites (tertiary alicyclic amines) is 1. The molecule has 0 saturated carbocycles. The van der Waals surface area contributed by atoms with Crippen LogP contribution < -0.4 is 14.8 Å². The number of nitrogens with one attached hydrogen (secondary N) is 1. The summed E-state index contributed by atoms with van der Waals surface area (Å²) in [7, 11) is 2.86. The number of nitrogens with zero attached hydrogens (tertiary/aromatic N) is 1. The highest BCUT2D eigenvalue weighted by molar-refractivity contribution is 9.10. The number of esters is 1. The monoisotopic (exact) mass is 594 g/mol. The first-order valence-electron chi connectivity index (χ1n) is 12.6. The molecule has 3 aromatic rings. The lowest BCUT2D eigenvalue weighted by Gasteiger charge is -2.31. The van der Waals surface area contributed by atoms with Crippen LogP contribution in [-0.2, 0) is 25.7 Å². The molecule has 1 fully saturated rings. The number of benzene rings is 3. The van der Waals surface area contributed by atoms with Crippen molar-refractivity contribution in [2.45, 2.75) is 32.0 Å². The minimum absolute atomic E-state index is 0.109. The molecule has 0 radical (unpaired) electrons. The van der Waals surface area contributed by atoms with Gasteiger partial charge >= 0.3 is 5.97 Å². The van der Waals surface area contributed by atoms with Gasteiger partial charge in [-0.3, -0.25) is 14.4 Å². The lowest BCUT2D eigenvalue weighted by molar-refractivity contribution is -0.148. The largest absolute Gasteiger partial charge is 0.496 e. The predicted molar refractivity (Wildman–Crippen MR) is 149 cm³/mol. The van der Waals surface area contributed by atoms with E-state index in [4.69, 9.17) is 14.2 Å². The molecule has 1 heterocycles. The molecule has 4 rings (SSSR count). The molecule has 39 heavy (non-hydrogen) atoms. The van der Waals surface area contributed by atoms with Gasteiger partial charge in [0.25, 0.3) is 5.91 Å². The zero-order valence-corrected chi connectivity index (χ0v) is 23.6. The molecule has 9 heteroatoms. The summed E-state index contributed by atoms with van der Waals surface area (Å²) in [5, 5.41) is 2.94. The van der Waals surface area contributed by atoms with Gasteiger partial charge < -0.3 is 24.4 Å². The zero-order valence-electron chi connectivity index (χ0n) is 22.1. The number of amides is 2. The molecule has 204 valence electrons. The lowest BCUT2D eigenvalue weighted by atomic mass is 9.93. The van der Waals surface area contributed by atoms with Crippen LogP contribution in [0.3, 0.4) is 0 Å². The Morgan fingerprint density at radius 1 is 1.00 bits per heavy atom. The van der Waals surface area contributed by atoms with E-state index >= 15 is 0 Å². The summed E-state index contributed by atoms with van der Waals surface area (Å²) >= 11 is 3.50. The van der Waals surface area contributed by atoms with Crippen LogP contribution in [0, 0.1) is 12.8 Å². The number of ether oxygens (including phenoxy) is 3. The molecule has 0 aliphatic carbocycles. The summed E-state index contributed by atoms with van der Waals surface area (Å²) in [5.74, 6) is -0.901. The first kappa shape index (κ1) is 28.2. The van der Waals surface area contributed by atoms with E-state index in [1.165, 1.54) is 12.0 Å². The van der Waals surface area contributed by atoms with Crippen molar-refractivity contribution in [3.05, 3.63) is 94.0 Å². The second kappa shape index (κ2) is 12.8. The van der Waals surface area contributed by atoms with Crippen molar-refractivity contribution in [3.8, 4) is 11.5 Å². The lowest BCUT2D eigenvalue weighted by Crippen LogP contribution is -2.48. The quantitative estimate of drug-likeness (QED) is 0.364. The highest BCUT2D eigenvalue weighted by Crippen LogP contribution is 2.43. The number of halogens is 1. The number of methoxy groups -OCH3 is 2. The van der Waals surface area contributed by atoms with Crippen molar-refractivity contribution < 1.29 is 28.6 Å². The fourth-order valence-electron chi connectivity index (χ4n) is 4.82. The van der Waals surface area contributed by atoms with Crippen molar-refractivity contribution in [3.63, 3.8) is 0 Å². The molecule has 1 saturated heterocycles. The Morgan fingerprint density at radius 2 is 1.72 bits per heavy atom. The maximum atomic E-state index is 13.7. The molecule has 1 aliphatic heterocycles. The molecule has 1 aliphatic rings. The van der Waals surface area contributed by atoms with Crippen molar-refractivity contribution in [1.29, 1.82) is 0 Å². The van der Waals surface area contributed by atoms with Crippen LogP contribution in [-0.4, -0.2) is 49.6 Å². The van der Waals surface area contributed by atoms with Crippen LogP contribution in [0.1, 0.15) is 29.2 Å². The smallest absolute Gasteiger partial charge is 0.311 e. The number of para-hydroxylation sites is 1. The van der Waals surface area contributed by atoms with Crippen LogP contribution >= 0.6 is 15.9 Å². The minimum Gasteiger partial charge on any atom is -0.496 e. The number of hydrogen-bond donors (Lipinski definition) is 1. The molecule has 8 nitrogen and oxygen atoms in total. The average Bonchev–Trinajstić information content (AvgIpc) is 3.36. The Kier molecular flexibility index (Phi) is 9.24. The molecule has 3 unspecified atom stereocenters. The normalized spacial score (nSPS) is 18.4. The van der Waals surface area contributed by atoms with Crippen molar-refractivity contribution in [2.75, 3.05) is 20.8 Å². The second-order valence-corrected chi connectivity index (χ2v) is 10.2. The Balaban J connectivity index is 1.66. The third-order valence-corrected chi connectivity index (χ3v) is 7.42. The van der Waals surface area contributed by atoms with Crippen molar-refractivity contribution >= 4 is 33.7 Å². The van der Waals surface area contributed by atoms with Gasteiger partial charge in [-0.2, -0.15) is 0 Å². The average molecular weight is 595 g/mol. The van der Waals surface area contributed by atoms with Crippen LogP contribution in [0.25, 0.3) is 0 Å². The predicted octanol–water partition coefficient (Wildman–Crippen LogP) is 4.59. The number of rotatable bonds is 9. The summed E-state index contributed by atoms with van der Waals surface area (Å²) in [6, 6.07) is 20.5. The molecule has 0 bridgehead atoms. The van der Waals surface area contributed by atoms with E-state index in [2.05, 4.69) is 21.2 Å². The summed E-state index contributed by atoms with van der Waals surface area (Å²) in [5.41, 5.74) is 2.71. The van der Waals surface area contributed by atoms with Gasteiger partial charge in [-0.15, -0.1) is 0 Å². The number of carbonyl (C=O) groups excluding carboxylic acids is 3. The summed E-state index contributed by atoms with van der Waals surface area (Å²) < 4.78 is 16.9. The molecule has 3 aromatic carbocycles. The molecule has 2 amide bonds. The van der Waals surface area contributed by atoms with Gasteiger partial charge in [0.05, 0.1) is 30.7 Å². The van der Waals surface area contributed by atoms with E-state index < -0.39 is 29.9 Å². The van der Waals surface area contributed by atoms with Crippen LogP contribution in [0.15, 0.2) is 77.3 Å². The van der Waals surface area contributed by atoms with E-state index in [0.717, 1.165) is 11.1 Å². The fourth-order valence-corrected chi connectivity index (χ4v) is 5.38. The molecular weight excluding hydrogens is 564 g/mol. The Hall–Kier alpha value is -3.85. The van der Waals surface area contributed by atoms with Crippen molar-refractivity contribution in [2.24, 2.45) is 5.92 Å². The van der Waals surface area contributed by atoms with Gasteiger partial charge in [-0.25, -0.2) is 0 Å². The van der Waals surface area contributed by atoms with Crippen molar-refractivity contribution in [1.82, 2.24) is 10.2 Å². The van der Waals surface area contributed by atoms with Gasteiger partial charge in [0.2, 0.25) is 5.91 Å². The highest BCUT2D eigenvalue weighted by atomic mass is 79.9. The van der Waals surface area contributed by atoms with Gasteiger partial charge in [-0.05, 0) is 64.7 Å². The SMILES string of the molecule is COC(=O)C1CC(C(=O)NCc2ccc(C)cc2)N(C(=O)COc2ccccc2)C1c1ccc(OC)c(Br)c1. The molecule has 0 aromatic heterocycles. The number of carbonyl (C=O) groups is 3. The Labute approximate surface area is 236 Å². The molecule has 0 spiro atoms. The highest BCUT2D eigenvalue weighted by Gasteiger charge is 2.51. The van der Waals surface area contributed by atoms with Gasteiger partial charge in [-0.1, -0.05) is 54.1 Å². The van der Waals surface area contributed by atoms with Gasteiger partial charge in [0.15, 0.2) is 6.61 Å². The van der Waals surface area contributed by atoms with E-state index in [0.29, 0.717) is 28.1 Å². The molecule has 3 atom stereocenters. The van der Waals surface area contributed by atoms with Gasteiger partial charge in [0.1, 0.15) is 17.5 Å².